The lowest BCUT2D eigenvalue weighted by Gasteiger charge is -2.21. The fraction of sp³-hybridized carbons (Fsp3) is 0.333. The van der Waals surface area contributed by atoms with E-state index in [1.807, 2.05) is 13.0 Å². The van der Waals surface area contributed by atoms with Gasteiger partial charge >= 0.3 is 0 Å². The Morgan fingerprint density at radius 3 is 2.24 bits per heavy atom. The summed E-state index contributed by atoms with van der Waals surface area (Å²) in [7, 11) is 0. The van der Waals surface area contributed by atoms with Crippen molar-refractivity contribution in [2.24, 2.45) is 0 Å². The normalized spacial score (nSPS) is 12.7. The maximum absolute atomic E-state index is 13.7. The zero-order valence-corrected chi connectivity index (χ0v) is 13.4. The number of hydrogen-bond donors (Lipinski definition) is 1. The Balaban J connectivity index is 2.41. The molecule has 3 heteroatoms. The smallest absolute Gasteiger partial charge is 0.142 e. The minimum Gasteiger partial charge on any atom is -0.306 e. The molecule has 21 heavy (non-hydrogen) atoms. The van der Waals surface area contributed by atoms with Crippen molar-refractivity contribution < 1.29 is 4.39 Å². The second-order valence-electron chi connectivity index (χ2n) is 5.46. The largest absolute Gasteiger partial charge is 0.306 e. The van der Waals surface area contributed by atoms with Crippen LogP contribution in [0.4, 0.5) is 4.39 Å². The molecule has 2 aromatic carbocycles. The van der Waals surface area contributed by atoms with Crippen LogP contribution in [0.2, 0.25) is 5.02 Å². The molecule has 1 nitrogen and oxygen atoms in total. The van der Waals surface area contributed by atoms with Crippen molar-refractivity contribution in [3.05, 3.63) is 70.0 Å². The lowest BCUT2D eigenvalue weighted by molar-refractivity contribution is 0.603. The van der Waals surface area contributed by atoms with Crippen molar-refractivity contribution in [2.75, 3.05) is 6.54 Å². The molecule has 0 aliphatic carbocycles. The van der Waals surface area contributed by atoms with Gasteiger partial charge in [-0.25, -0.2) is 4.39 Å². The summed E-state index contributed by atoms with van der Waals surface area (Å²) in [5, 5.41) is 3.57. The molecule has 1 atom stereocenters. The molecule has 112 valence electrons. The van der Waals surface area contributed by atoms with Gasteiger partial charge in [-0.3, -0.25) is 0 Å². The number of rotatable bonds is 5. The standard InChI is InChI=1S/C18H21ClFN/c1-4-21-18(15-6-5-7-16(20)17(15)19)14-10-8-13(9-11-14)12(2)3/h5-12,18,21H,4H2,1-3H3. The average molecular weight is 306 g/mol. The highest BCUT2D eigenvalue weighted by Gasteiger charge is 2.18. The van der Waals surface area contributed by atoms with E-state index in [0.717, 1.165) is 17.7 Å². The SMILES string of the molecule is CCNC(c1ccc(C(C)C)cc1)c1cccc(F)c1Cl. The first-order valence-electron chi connectivity index (χ1n) is 7.31. The van der Waals surface area contributed by atoms with Crippen LogP contribution in [0.25, 0.3) is 0 Å². The monoisotopic (exact) mass is 305 g/mol. The number of benzene rings is 2. The van der Waals surface area contributed by atoms with Crippen LogP contribution in [0.5, 0.6) is 0 Å². The van der Waals surface area contributed by atoms with Gasteiger partial charge in [0.05, 0.1) is 11.1 Å². The highest BCUT2D eigenvalue weighted by atomic mass is 35.5. The van der Waals surface area contributed by atoms with E-state index in [0.29, 0.717) is 5.92 Å². The topological polar surface area (TPSA) is 12.0 Å². The highest BCUT2D eigenvalue weighted by Crippen LogP contribution is 2.30. The first kappa shape index (κ1) is 16.0. The number of hydrogen-bond acceptors (Lipinski definition) is 1. The van der Waals surface area contributed by atoms with Crippen LogP contribution in [0.15, 0.2) is 42.5 Å². The Labute approximate surface area is 131 Å². The van der Waals surface area contributed by atoms with Crippen LogP contribution in [-0.4, -0.2) is 6.54 Å². The van der Waals surface area contributed by atoms with Crippen molar-refractivity contribution in [3.8, 4) is 0 Å². The predicted molar refractivity (Wildman–Crippen MR) is 87.5 cm³/mol. The first-order valence-corrected chi connectivity index (χ1v) is 7.69. The summed E-state index contributed by atoms with van der Waals surface area (Å²) >= 11 is 6.14. The van der Waals surface area contributed by atoms with Crippen LogP contribution < -0.4 is 5.32 Å². The van der Waals surface area contributed by atoms with Crippen molar-refractivity contribution in [2.45, 2.75) is 32.7 Å². The van der Waals surface area contributed by atoms with Crippen LogP contribution in [-0.2, 0) is 0 Å². The first-order chi connectivity index (χ1) is 10.0. The number of nitrogens with one attached hydrogen (secondary N) is 1. The predicted octanol–water partition coefficient (Wildman–Crippen LogP) is 5.30. The van der Waals surface area contributed by atoms with E-state index in [-0.39, 0.29) is 16.9 Å². The van der Waals surface area contributed by atoms with Gasteiger partial charge in [0.15, 0.2) is 0 Å². The molecule has 0 saturated heterocycles. The second kappa shape index (κ2) is 7.06. The third kappa shape index (κ3) is 3.63. The van der Waals surface area contributed by atoms with Crippen molar-refractivity contribution >= 4 is 11.6 Å². The molecule has 0 heterocycles. The molecule has 1 unspecified atom stereocenters. The van der Waals surface area contributed by atoms with Crippen LogP contribution in [0.3, 0.4) is 0 Å². The lowest BCUT2D eigenvalue weighted by Crippen LogP contribution is -2.22. The molecule has 0 radical (unpaired) electrons. The van der Waals surface area contributed by atoms with Gasteiger partial charge in [0.25, 0.3) is 0 Å². The quantitative estimate of drug-likeness (QED) is 0.790. The van der Waals surface area contributed by atoms with Crippen LogP contribution in [0, 0.1) is 5.82 Å². The molecular weight excluding hydrogens is 285 g/mol. The molecule has 1 N–H and O–H groups in total. The molecule has 0 fully saturated rings. The summed E-state index contributed by atoms with van der Waals surface area (Å²) in [4.78, 5) is 0. The molecule has 0 amide bonds. The van der Waals surface area contributed by atoms with Crippen LogP contribution in [0.1, 0.15) is 49.4 Å². The maximum Gasteiger partial charge on any atom is 0.142 e. The summed E-state index contributed by atoms with van der Waals surface area (Å²) in [6.45, 7) is 7.15. The Bertz CT molecular complexity index is 593. The van der Waals surface area contributed by atoms with Gasteiger partial charge in [0, 0.05) is 0 Å². The molecule has 0 aliphatic heterocycles. The third-order valence-corrected chi connectivity index (χ3v) is 4.04. The van der Waals surface area contributed by atoms with Crippen molar-refractivity contribution in [3.63, 3.8) is 0 Å². The maximum atomic E-state index is 13.7. The molecule has 2 rings (SSSR count). The number of halogens is 2. The summed E-state index contributed by atoms with van der Waals surface area (Å²) in [6.07, 6.45) is 0. The van der Waals surface area contributed by atoms with E-state index in [1.165, 1.54) is 11.6 Å². The Hall–Kier alpha value is -1.38. The minimum absolute atomic E-state index is 0.0978. The Morgan fingerprint density at radius 1 is 1.05 bits per heavy atom. The van der Waals surface area contributed by atoms with E-state index in [4.69, 9.17) is 11.6 Å². The Kier molecular flexibility index (Phi) is 5.38. The molecule has 0 bridgehead atoms. The van der Waals surface area contributed by atoms with Gasteiger partial charge < -0.3 is 5.32 Å². The summed E-state index contributed by atoms with van der Waals surface area (Å²) in [5.41, 5.74) is 3.16. The average Bonchev–Trinajstić information content (AvgIpc) is 2.48. The van der Waals surface area contributed by atoms with Gasteiger partial charge in [0.2, 0.25) is 0 Å². The zero-order chi connectivity index (χ0) is 15.4. The lowest BCUT2D eigenvalue weighted by atomic mass is 9.95. The van der Waals surface area contributed by atoms with Gasteiger partial charge in [-0.1, -0.05) is 68.8 Å². The summed E-state index contributed by atoms with van der Waals surface area (Å²) in [5.74, 6) is 0.116. The van der Waals surface area contributed by atoms with E-state index in [1.54, 1.807) is 6.07 Å². The fourth-order valence-corrected chi connectivity index (χ4v) is 2.66. The zero-order valence-electron chi connectivity index (χ0n) is 12.7. The highest BCUT2D eigenvalue weighted by molar-refractivity contribution is 6.31. The third-order valence-electron chi connectivity index (χ3n) is 3.64. The minimum atomic E-state index is -0.379. The van der Waals surface area contributed by atoms with Crippen LogP contribution >= 0.6 is 11.6 Å². The van der Waals surface area contributed by atoms with Gasteiger partial charge in [-0.05, 0) is 35.2 Å². The van der Waals surface area contributed by atoms with E-state index in [2.05, 4.69) is 43.4 Å². The second-order valence-corrected chi connectivity index (χ2v) is 5.83. The molecular formula is C18H21ClFN. The molecule has 0 saturated carbocycles. The van der Waals surface area contributed by atoms with E-state index >= 15 is 0 Å². The van der Waals surface area contributed by atoms with E-state index in [9.17, 15) is 4.39 Å². The fourth-order valence-electron chi connectivity index (χ4n) is 2.43. The summed E-state index contributed by atoms with van der Waals surface area (Å²) < 4.78 is 13.7. The van der Waals surface area contributed by atoms with Gasteiger partial charge in [-0.2, -0.15) is 0 Å². The van der Waals surface area contributed by atoms with Crippen molar-refractivity contribution in [1.82, 2.24) is 5.32 Å². The molecule has 2 aromatic rings. The molecule has 0 spiro atoms. The van der Waals surface area contributed by atoms with E-state index < -0.39 is 0 Å². The van der Waals surface area contributed by atoms with Crippen molar-refractivity contribution in [1.29, 1.82) is 0 Å². The molecule has 0 aliphatic rings. The van der Waals surface area contributed by atoms with Gasteiger partial charge in [-0.15, -0.1) is 0 Å². The molecule has 0 aromatic heterocycles. The Morgan fingerprint density at radius 2 is 1.67 bits per heavy atom. The van der Waals surface area contributed by atoms with Gasteiger partial charge in [0.1, 0.15) is 5.82 Å². The summed E-state index contributed by atoms with van der Waals surface area (Å²) in [6, 6.07) is 13.3.